The number of thiophene rings is 1. The third-order valence-corrected chi connectivity index (χ3v) is 4.10. The summed E-state index contributed by atoms with van der Waals surface area (Å²) in [5.41, 5.74) is 0. The van der Waals surface area contributed by atoms with Crippen LogP contribution in [0.1, 0.15) is 30.7 Å². The molecule has 0 spiro atoms. The van der Waals surface area contributed by atoms with Crippen molar-refractivity contribution >= 4 is 11.3 Å². The van der Waals surface area contributed by atoms with Gasteiger partial charge in [-0.05, 0) is 44.3 Å². The molecule has 0 bridgehead atoms. The molecule has 0 saturated carbocycles. The van der Waals surface area contributed by atoms with Crippen molar-refractivity contribution in [1.82, 2.24) is 10.2 Å². The molecule has 2 rings (SSSR count). The average molecular weight is 224 g/mol. The second-order valence-corrected chi connectivity index (χ2v) is 5.22. The lowest BCUT2D eigenvalue weighted by molar-refractivity contribution is 0.330. The fourth-order valence-electron chi connectivity index (χ4n) is 2.08. The Morgan fingerprint density at radius 1 is 1.47 bits per heavy atom. The Balaban J connectivity index is 1.65. The number of nitrogens with zero attached hydrogens (tertiary/aromatic N) is 1. The number of nitrogens with one attached hydrogen (secondary N) is 1. The van der Waals surface area contributed by atoms with Gasteiger partial charge in [0.15, 0.2) is 0 Å². The Kier molecular flexibility index (Phi) is 4.18. The molecule has 84 valence electrons. The van der Waals surface area contributed by atoms with Gasteiger partial charge in [-0.2, -0.15) is 0 Å². The van der Waals surface area contributed by atoms with Crippen molar-refractivity contribution < 1.29 is 0 Å². The Morgan fingerprint density at radius 3 is 2.93 bits per heavy atom. The molecule has 0 unspecified atom stereocenters. The summed E-state index contributed by atoms with van der Waals surface area (Å²) in [5, 5.41) is 5.73. The zero-order chi connectivity index (χ0) is 10.5. The van der Waals surface area contributed by atoms with Gasteiger partial charge in [0, 0.05) is 24.0 Å². The van der Waals surface area contributed by atoms with Gasteiger partial charge in [-0.3, -0.25) is 0 Å². The van der Waals surface area contributed by atoms with Crippen LogP contribution in [0.15, 0.2) is 17.5 Å². The number of rotatable bonds is 5. The monoisotopic (exact) mass is 224 g/mol. The molecule has 1 atom stereocenters. The summed E-state index contributed by atoms with van der Waals surface area (Å²) >= 11 is 1.84. The highest BCUT2D eigenvalue weighted by Crippen LogP contribution is 2.17. The van der Waals surface area contributed by atoms with E-state index in [1.807, 2.05) is 11.3 Å². The summed E-state index contributed by atoms with van der Waals surface area (Å²) in [7, 11) is 0. The highest BCUT2D eigenvalue weighted by molar-refractivity contribution is 7.10. The van der Waals surface area contributed by atoms with Gasteiger partial charge in [0.2, 0.25) is 0 Å². The first kappa shape index (κ1) is 11.1. The van der Waals surface area contributed by atoms with Crippen LogP contribution in [0.2, 0.25) is 0 Å². The minimum atomic E-state index is 0.507. The summed E-state index contributed by atoms with van der Waals surface area (Å²) in [5.74, 6) is 0. The molecule has 1 aromatic rings. The standard InChI is InChI=1S/C12H20N2S/c1-11(12-5-4-10-15-12)13-6-9-14-7-2-3-8-14/h4-5,10-11,13H,2-3,6-9H2,1H3/t11-/m0/s1. The van der Waals surface area contributed by atoms with Gasteiger partial charge >= 0.3 is 0 Å². The predicted octanol–water partition coefficient (Wildman–Crippen LogP) is 2.49. The molecule has 0 radical (unpaired) electrons. The van der Waals surface area contributed by atoms with Crippen LogP contribution in [0.3, 0.4) is 0 Å². The Labute approximate surface area is 96.3 Å². The lowest BCUT2D eigenvalue weighted by atomic mass is 10.3. The van der Waals surface area contributed by atoms with Crippen molar-refractivity contribution in [3.8, 4) is 0 Å². The van der Waals surface area contributed by atoms with E-state index in [1.165, 1.54) is 37.4 Å². The zero-order valence-electron chi connectivity index (χ0n) is 9.41. The van der Waals surface area contributed by atoms with Crippen LogP contribution in [0.25, 0.3) is 0 Å². The SMILES string of the molecule is C[C@H](NCCN1CCCC1)c1cccs1. The third kappa shape index (κ3) is 3.30. The molecule has 1 N–H and O–H groups in total. The minimum absolute atomic E-state index is 0.507. The normalized spacial score (nSPS) is 19.5. The first-order valence-corrected chi connectivity index (χ1v) is 6.73. The van der Waals surface area contributed by atoms with Crippen LogP contribution in [0, 0.1) is 0 Å². The Hall–Kier alpha value is -0.380. The molecule has 15 heavy (non-hydrogen) atoms. The molecule has 2 nitrogen and oxygen atoms in total. The van der Waals surface area contributed by atoms with E-state index in [2.05, 4.69) is 34.7 Å². The molecule has 0 aromatic carbocycles. The van der Waals surface area contributed by atoms with Crippen molar-refractivity contribution in [2.24, 2.45) is 0 Å². The molecule has 1 fully saturated rings. The quantitative estimate of drug-likeness (QED) is 0.826. The summed E-state index contributed by atoms with van der Waals surface area (Å²) in [4.78, 5) is 3.99. The van der Waals surface area contributed by atoms with Crippen molar-refractivity contribution in [1.29, 1.82) is 0 Å². The van der Waals surface area contributed by atoms with E-state index in [1.54, 1.807) is 0 Å². The maximum absolute atomic E-state index is 3.58. The number of hydrogen-bond acceptors (Lipinski definition) is 3. The van der Waals surface area contributed by atoms with E-state index < -0.39 is 0 Å². The second-order valence-electron chi connectivity index (χ2n) is 4.24. The van der Waals surface area contributed by atoms with Gasteiger partial charge in [0.25, 0.3) is 0 Å². The van der Waals surface area contributed by atoms with E-state index in [0.29, 0.717) is 6.04 Å². The zero-order valence-corrected chi connectivity index (χ0v) is 10.2. The Morgan fingerprint density at radius 2 is 2.27 bits per heavy atom. The molecule has 3 heteroatoms. The topological polar surface area (TPSA) is 15.3 Å². The van der Waals surface area contributed by atoms with E-state index in [0.717, 1.165) is 6.54 Å². The summed E-state index contributed by atoms with van der Waals surface area (Å²) in [6.45, 7) is 7.16. The van der Waals surface area contributed by atoms with Gasteiger partial charge in [-0.1, -0.05) is 6.07 Å². The van der Waals surface area contributed by atoms with Gasteiger partial charge in [-0.15, -0.1) is 11.3 Å². The van der Waals surface area contributed by atoms with Crippen molar-refractivity contribution in [3.05, 3.63) is 22.4 Å². The third-order valence-electron chi connectivity index (χ3n) is 3.05. The first-order chi connectivity index (χ1) is 7.36. The molecule has 1 aliphatic heterocycles. The van der Waals surface area contributed by atoms with Crippen LogP contribution in [-0.4, -0.2) is 31.1 Å². The molecule has 0 amide bonds. The number of likely N-dealkylation sites (tertiary alicyclic amines) is 1. The predicted molar refractivity (Wildman–Crippen MR) is 66.4 cm³/mol. The molecule has 0 aliphatic carbocycles. The summed E-state index contributed by atoms with van der Waals surface area (Å²) < 4.78 is 0. The highest BCUT2D eigenvalue weighted by atomic mass is 32.1. The lowest BCUT2D eigenvalue weighted by Gasteiger charge is -2.17. The van der Waals surface area contributed by atoms with Gasteiger partial charge in [-0.25, -0.2) is 0 Å². The van der Waals surface area contributed by atoms with Crippen molar-refractivity contribution in [3.63, 3.8) is 0 Å². The van der Waals surface area contributed by atoms with Crippen LogP contribution in [0.5, 0.6) is 0 Å². The van der Waals surface area contributed by atoms with Crippen LogP contribution in [0.4, 0.5) is 0 Å². The van der Waals surface area contributed by atoms with Gasteiger partial charge in [0.05, 0.1) is 0 Å². The molecular formula is C12H20N2S. The van der Waals surface area contributed by atoms with Crippen LogP contribution >= 0.6 is 11.3 Å². The summed E-state index contributed by atoms with van der Waals surface area (Å²) in [6.07, 6.45) is 2.78. The molecule has 1 aliphatic rings. The van der Waals surface area contributed by atoms with E-state index >= 15 is 0 Å². The van der Waals surface area contributed by atoms with E-state index in [-0.39, 0.29) is 0 Å². The minimum Gasteiger partial charge on any atom is -0.308 e. The van der Waals surface area contributed by atoms with Crippen LogP contribution < -0.4 is 5.32 Å². The van der Waals surface area contributed by atoms with Crippen molar-refractivity contribution in [2.45, 2.75) is 25.8 Å². The fourth-order valence-corrected chi connectivity index (χ4v) is 2.84. The smallest absolute Gasteiger partial charge is 0.0386 e. The molecule has 1 aromatic heterocycles. The van der Waals surface area contributed by atoms with Crippen molar-refractivity contribution in [2.75, 3.05) is 26.2 Å². The van der Waals surface area contributed by atoms with Gasteiger partial charge < -0.3 is 10.2 Å². The van der Waals surface area contributed by atoms with Gasteiger partial charge in [0.1, 0.15) is 0 Å². The maximum atomic E-state index is 3.58. The molecular weight excluding hydrogens is 204 g/mol. The van der Waals surface area contributed by atoms with Crippen LogP contribution in [-0.2, 0) is 0 Å². The number of hydrogen-bond donors (Lipinski definition) is 1. The van der Waals surface area contributed by atoms with E-state index in [9.17, 15) is 0 Å². The second kappa shape index (κ2) is 5.64. The largest absolute Gasteiger partial charge is 0.308 e. The Bertz CT molecular complexity index is 265. The fraction of sp³-hybridized carbons (Fsp3) is 0.667. The molecule has 1 saturated heterocycles. The summed E-state index contributed by atoms with van der Waals surface area (Å²) in [6, 6.07) is 4.84. The average Bonchev–Trinajstić information content (AvgIpc) is 2.90. The van der Waals surface area contributed by atoms with E-state index in [4.69, 9.17) is 0 Å². The lowest BCUT2D eigenvalue weighted by Crippen LogP contribution is -2.31. The molecule has 2 heterocycles. The first-order valence-electron chi connectivity index (χ1n) is 5.85. The highest BCUT2D eigenvalue weighted by Gasteiger charge is 2.11. The maximum Gasteiger partial charge on any atom is 0.0386 e.